The van der Waals surface area contributed by atoms with Crippen molar-refractivity contribution in [1.29, 1.82) is 0 Å². The molecule has 0 unspecified atom stereocenters. The van der Waals surface area contributed by atoms with Gasteiger partial charge < -0.3 is 10.5 Å². The van der Waals surface area contributed by atoms with Crippen LogP contribution < -0.4 is 15.8 Å². The van der Waals surface area contributed by atoms with Crippen LogP contribution >= 0.6 is 0 Å². The lowest BCUT2D eigenvalue weighted by molar-refractivity contribution is -0.124. The Bertz CT molecular complexity index is 502. The summed E-state index contributed by atoms with van der Waals surface area (Å²) in [6.07, 6.45) is 0. The number of methoxy groups -OCH3 is 1. The molecule has 0 fully saturated rings. The van der Waals surface area contributed by atoms with Crippen LogP contribution in [0.25, 0.3) is 0 Å². The number of nitrogens with zero attached hydrogens (tertiary/aromatic N) is 1. The third-order valence-corrected chi connectivity index (χ3v) is 3.14. The monoisotopic (exact) mass is 279 g/mol. The second-order valence-corrected chi connectivity index (χ2v) is 4.76. The largest absolute Gasteiger partial charge is 0.496 e. The Kier molecular flexibility index (Phi) is 5.52. The maximum absolute atomic E-state index is 11.7. The van der Waals surface area contributed by atoms with Gasteiger partial charge in [0.25, 0.3) is 0 Å². The molecule has 0 saturated heterocycles. The van der Waals surface area contributed by atoms with E-state index in [-0.39, 0.29) is 0 Å². The number of aryl methyl sites for hydroxylation is 1. The fourth-order valence-corrected chi connectivity index (χ4v) is 1.86. The Morgan fingerprint density at radius 1 is 1.45 bits per heavy atom. The molecule has 0 aliphatic rings. The topological polar surface area (TPSA) is 84.7 Å². The van der Waals surface area contributed by atoms with Crippen LogP contribution in [0.4, 0.5) is 4.79 Å². The molecule has 0 heterocycles. The van der Waals surface area contributed by atoms with Gasteiger partial charge in [-0.3, -0.25) is 15.0 Å². The van der Waals surface area contributed by atoms with Gasteiger partial charge in [0, 0.05) is 12.1 Å². The molecule has 20 heavy (non-hydrogen) atoms. The van der Waals surface area contributed by atoms with E-state index in [4.69, 9.17) is 10.5 Å². The summed E-state index contributed by atoms with van der Waals surface area (Å²) in [4.78, 5) is 24.2. The van der Waals surface area contributed by atoms with E-state index < -0.39 is 18.0 Å². The standard InChI is InChI=1S/C14H21N3O3/c1-9-5-6-12(20-4)11(7-9)8-17(3)10(2)13(18)16-14(15)19/h5-7,10H,8H2,1-4H3,(H3,15,16,18,19)/t10-/m1/s1. The Labute approximate surface area is 118 Å². The Morgan fingerprint density at radius 2 is 2.10 bits per heavy atom. The minimum absolute atomic E-state index is 0.424. The fraction of sp³-hybridized carbons (Fsp3) is 0.429. The van der Waals surface area contributed by atoms with Crippen LogP contribution in [0.15, 0.2) is 18.2 Å². The molecule has 0 saturated carbocycles. The molecule has 1 aromatic carbocycles. The van der Waals surface area contributed by atoms with Gasteiger partial charge >= 0.3 is 6.03 Å². The van der Waals surface area contributed by atoms with Crippen LogP contribution in [0.1, 0.15) is 18.1 Å². The molecule has 1 rings (SSSR count). The molecule has 1 aromatic rings. The molecule has 1 atom stereocenters. The number of carbonyl (C=O) groups is 2. The van der Waals surface area contributed by atoms with Gasteiger partial charge in [0.2, 0.25) is 5.91 Å². The average Bonchev–Trinajstić information content (AvgIpc) is 2.37. The normalized spacial score (nSPS) is 12.1. The summed E-state index contributed by atoms with van der Waals surface area (Å²) in [5.41, 5.74) is 7.03. The molecule has 110 valence electrons. The van der Waals surface area contributed by atoms with Gasteiger partial charge in [0.05, 0.1) is 13.2 Å². The molecule has 0 aliphatic heterocycles. The van der Waals surface area contributed by atoms with E-state index in [0.717, 1.165) is 16.9 Å². The number of benzene rings is 1. The number of nitrogens with two attached hydrogens (primary N) is 1. The Balaban J connectivity index is 2.79. The lowest BCUT2D eigenvalue weighted by atomic mass is 10.1. The third kappa shape index (κ3) is 4.24. The molecule has 0 radical (unpaired) electrons. The summed E-state index contributed by atoms with van der Waals surface area (Å²) in [6, 6.07) is 4.54. The lowest BCUT2D eigenvalue weighted by Gasteiger charge is -2.24. The predicted octanol–water partition coefficient (Wildman–Crippen LogP) is 1.02. The number of hydrogen-bond acceptors (Lipinski definition) is 4. The Hall–Kier alpha value is -2.08. The number of carbonyl (C=O) groups excluding carboxylic acids is 2. The summed E-state index contributed by atoms with van der Waals surface area (Å²) >= 11 is 0. The number of primary amides is 1. The van der Waals surface area contributed by atoms with E-state index in [1.807, 2.05) is 30.0 Å². The van der Waals surface area contributed by atoms with Gasteiger partial charge in [-0.15, -0.1) is 0 Å². The molecular formula is C14H21N3O3. The van der Waals surface area contributed by atoms with Gasteiger partial charge in [-0.05, 0) is 27.0 Å². The number of likely N-dealkylation sites (N-methyl/N-ethyl adjacent to an activating group) is 1. The lowest BCUT2D eigenvalue weighted by Crippen LogP contribution is -2.46. The summed E-state index contributed by atoms with van der Waals surface area (Å²) in [6.45, 7) is 4.23. The quantitative estimate of drug-likeness (QED) is 0.842. The molecule has 0 aromatic heterocycles. The minimum Gasteiger partial charge on any atom is -0.496 e. The molecule has 6 heteroatoms. The molecule has 0 spiro atoms. The number of ether oxygens (including phenoxy) is 1. The highest BCUT2D eigenvalue weighted by atomic mass is 16.5. The number of imide groups is 1. The van der Waals surface area contributed by atoms with Crippen molar-refractivity contribution in [2.75, 3.05) is 14.2 Å². The number of nitrogens with one attached hydrogen (secondary N) is 1. The number of urea groups is 1. The molecule has 0 aliphatic carbocycles. The van der Waals surface area contributed by atoms with E-state index in [2.05, 4.69) is 5.32 Å². The minimum atomic E-state index is -0.844. The van der Waals surface area contributed by atoms with Crippen molar-refractivity contribution in [3.63, 3.8) is 0 Å². The van der Waals surface area contributed by atoms with Crippen molar-refractivity contribution < 1.29 is 14.3 Å². The van der Waals surface area contributed by atoms with Crippen LogP contribution in [0.2, 0.25) is 0 Å². The second kappa shape index (κ2) is 6.91. The first-order chi connectivity index (χ1) is 9.35. The molecule has 3 amide bonds. The maximum Gasteiger partial charge on any atom is 0.318 e. The number of hydrogen-bond donors (Lipinski definition) is 2. The first-order valence-electron chi connectivity index (χ1n) is 6.29. The van der Waals surface area contributed by atoms with Crippen LogP contribution in [0.3, 0.4) is 0 Å². The van der Waals surface area contributed by atoms with Crippen LogP contribution in [0, 0.1) is 6.92 Å². The zero-order valence-corrected chi connectivity index (χ0v) is 12.3. The molecular weight excluding hydrogens is 258 g/mol. The third-order valence-electron chi connectivity index (χ3n) is 3.14. The zero-order valence-electron chi connectivity index (χ0n) is 12.3. The highest BCUT2D eigenvalue weighted by Gasteiger charge is 2.20. The van der Waals surface area contributed by atoms with Crippen molar-refractivity contribution in [1.82, 2.24) is 10.2 Å². The van der Waals surface area contributed by atoms with E-state index in [1.165, 1.54) is 0 Å². The van der Waals surface area contributed by atoms with Gasteiger partial charge in [-0.25, -0.2) is 4.79 Å². The van der Waals surface area contributed by atoms with E-state index >= 15 is 0 Å². The van der Waals surface area contributed by atoms with E-state index in [9.17, 15) is 9.59 Å². The van der Waals surface area contributed by atoms with Crippen LogP contribution in [0.5, 0.6) is 5.75 Å². The smallest absolute Gasteiger partial charge is 0.318 e. The Morgan fingerprint density at radius 3 is 2.65 bits per heavy atom. The first-order valence-corrected chi connectivity index (χ1v) is 6.29. The van der Waals surface area contributed by atoms with Crippen molar-refractivity contribution in [3.05, 3.63) is 29.3 Å². The van der Waals surface area contributed by atoms with Crippen molar-refractivity contribution >= 4 is 11.9 Å². The van der Waals surface area contributed by atoms with Gasteiger partial charge in [-0.2, -0.15) is 0 Å². The first kappa shape index (κ1) is 16.0. The van der Waals surface area contributed by atoms with Gasteiger partial charge in [0.15, 0.2) is 0 Å². The molecule has 6 nitrogen and oxygen atoms in total. The molecule has 3 N–H and O–H groups in total. The van der Waals surface area contributed by atoms with Crippen molar-refractivity contribution in [2.45, 2.75) is 26.4 Å². The summed E-state index contributed by atoms with van der Waals surface area (Å²) in [5, 5.41) is 2.08. The van der Waals surface area contributed by atoms with Crippen molar-refractivity contribution in [2.24, 2.45) is 5.73 Å². The van der Waals surface area contributed by atoms with Crippen LogP contribution in [-0.2, 0) is 11.3 Å². The van der Waals surface area contributed by atoms with Gasteiger partial charge in [0.1, 0.15) is 5.75 Å². The zero-order chi connectivity index (χ0) is 15.3. The SMILES string of the molecule is COc1ccc(C)cc1CN(C)[C@H](C)C(=O)NC(N)=O. The predicted molar refractivity (Wildman–Crippen MR) is 76.4 cm³/mol. The number of amides is 3. The maximum atomic E-state index is 11.7. The summed E-state index contributed by atoms with van der Waals surface area (Å²) < 4.78 is 5.30. The fourth-order valence-electron chi connectivity index (χ4n) is 1.86. The van der Waals surface area contributed by atoms with E-state index in [0.29, 0.717) is 6.54 Å². The average molecular weight is 279 g/mol. The van der Waals surface area contributed by atoms with Crippen molar-refractivity contribution in [3.8, 4) is 5.75 Å². The summed E-state index contributed by atoms with van der Waals surface area (Å²) in [7, 11) is 3.41. The van der Waals surface area contributed by atoms with Crippen LogP contribution in [-0.4, -0.2) is 37.0 Å². The highest BCUT2D eigenvalue weighted by molar-refractivity contribution is 5.96. The molecule has 0 bridgehead atoms. The second-order valence-electron chi connectivity index (χ2n) is 4.76. The summed E-state index contributed by atoms with van der Waals surface area (Å²) in [5.74, 6) is 0.344. The number of rotatable bonds is 5. The van der Waals surface area contributed by atoms with Gasteiger partial charge in [-0.1, -0.05) is 17.7 Å². The highest BCUT2D eigenvalue weighted by Crippen LogP contribution is 2.21. The van der Waals surface area contributed by atoms with E-state index in [1.54, 1.807) is 21.1 Å².